The average Bonchev–Trinajstić information content (AvgIpc) is 2.61. The minimum Gasteiger partial charge on any atom is -0.482 e. The first-order valence-corrected chi connectivity index (χ1v) is 8.25. The number of rotatable bonds is 6. The number of nitrogens with two attached hydrogens (primary N) is 1. The summed E-state index contributed by atoms with van der Waals surface area (Å²) in [6.45, 7) is 3.40. The lowest BCUT2D eigenvalue weighted by atomic mass is 10.1. The van der Waals surface area contributed by atoms with E-state index in [0.717, 1.165) is 15.6 Å². The van der Waals surface area contributed by atoms with Crippen LogP contribution in [0.3, 0.4) is 0 Å². The van der Waals surface area contributed by atoms with Crippen LogP contribution in [0.2, 0.25) is 0 Å². The Balaban J connectivity index is 1.97. The van der Waals surface area contributed by atoms with Gasteiger partial charge in [-0.3, -0.25) is 10.1 Å². The summed E-state index contributed by atoms with van der Waals surface area (Å²) in [5.41, 5.74) is 7.63. The molecule has 0 aliphatic heterocycles. The molecule has 0 spiro atoms. The number of halogens is 1. The minimum atomic E-state index is -0.752. The first-order valence-electron chi connectivity index (χ1n) is 7.45. The second-order valence-corrected chi connectivity index (χ2v) is 6.26. The average molecular weight is 422 g/mol. The van der Waals surface area contributed by atoms with E-state index < -0.39 is 10.9 Å². The second-order valence-electron chi connectivity index (χ2n) is 5.40. The number of non-ortho nitro benzene ring substituents is 1. The molecule has 2 rings (SSSR count). The molecule has 136 valence electrons. The van der Waals surface area contributed by atoms with Crippen LogP contribution in [0.5, 0.6) is 5.75 Å². The molecule has 0 saturated heterocycles. The molecular weight excluding hydrogens is 406 g/mol. The van der Waals surface area contributed by atoms with Crippen LogP contribution in [0.25, 0.3) is 0 Å². The Hall–Kier alpha value is -2.94. The molecule has 0 aliphatic rings. The predicted molar refractivity (Wildman–Crippen MR) is 99.0 cm³/mol. The van der Waals surface area contributed by atoms with E-state index >= 15 is 0 Å². The number of aryl methyl sites for hydroxylation is 2. The van der Waals surface area contributed by atoms with E-state index in [-0.39, 0.29) is 23.7 Å². The van der Waals surface area contributed by atoms with Crippen molar-refractivity contribution >= 4 is 33.4 Å². The van der Waals surface area contributed by atoms with Gasteiger partial charge in [-0.1, -0.05) is 33.2 Å². The van der Waals surface area contributed by atoms with Gasteiger partial charge in [0, 0.05) is 22.2 Å². The van der Waals surface area contributed by atoms with Crippen molar-refractivity contribution in [3.8, 4) is 5.75 Å². The van der Waals surface area contributed by atoms with Gasteiger partial charge in [0.25, 0.3) is 5.69 Å². The number of nitro groups is 1. The quantitative estimate of drug-likeness (QED) is 0.251. The number of carbonyl (C=O) groups excluding carboxylic acids is 1. The van der Waals surface area contributed by atoms with Gasteiger partial charge >= 0.3 is 5.97 Å². The maximum Gasteiger partial charge on any atom is 0.372 e. The van der Waals surface area contributed by atoms with Gasteiger partial charge in [-0.25, -0.2) is 4.79 Å². The summed E-state index contributed by atoms with van der Waals surface area (Å²) in [5, 5.41) is 14.3. The summed E-state index contributed by atoms with van der Waals surface area (Å²) < 4.78 is 6.37. The lowest BCUT2D eigenvalue weighted by Gasteiger charge is -2.10. The topological polar surface area (TPSA) is 117 Å². The van der Waals surface area contributed by atoms with Crippen molar-refractivity contribution in [2.24, 2.45) is 10.9 Å². The zero-order valence-electron chi connectivity index (χ0n) is 14.1. The Labute approximate surface area is 157 Å². The van der Waals surface area contributed by atoms with Crippen molar-refractivity contribution in [2.45, 2.75) is 13.8 Å². The van der Waals surface area contributed by atoms with Crippen LogP contribution in [-0.2, 0) is 9.63 Å². The number of nitro benzene ring substituents is 1. The van der Waals surface area contributed by atoms with Gasteiger partial charge in [0.05, 0.1) is 4.92 Å². The molecule has 2 aromatic rings. The largest absolute Gasteiger partial charge is 0.482 e. The fourth-order valence-electron chi connectivity index (χ4n) is 2.00. The molecule has 0 radical (unpaired) electrons. The van der Waals surface area contributed by atoms with E-state index in [9.17, 15) is 14.9 Å². The molecule has 9 heteroatoms. The Bertz CT molecular complexity index is 883. The third kappa shape index (κ3) is 5.03. The van der Waals surface area contributed by atoms with Gasteiger partial charge in [-0.2, -0.15) is 0 Å². The zero-order chi connectivity index (χ0) is 19.3. The maximum absolute atomic E-state index is 11.8. The number of hydrogen-bond donors (Lipinski definition) is 1. The van der Waals surface area contributed by atoms with Crippen molar-refractivity contribution in [3.05, 3.63) is 67.7 Å². The molecule has 0 aromatic heterocycles. The molecule has 8 nitrogen and oxygen atoms in total. The van der Waals surface area contributed by atoms with E-state index in [0.29, 0.717) is 5.75 Å². The van der Waals surface area contributed by atoms with Crippen LogP contribution in [0.15, 0.2) is 46.0 Å². The minimum absolute atomic E-state index is 0.142. The van der Waals surface area contributed by atoms with Crippen LogP contribution >= 0.6 is 15.9 Å². The highest BCUT2D eigenvalue weighted by atomic mass is 79.9. The second kappa shape index (κ2) is 8.43. The molecule has 0 bridgehead atoms. The molecule has 0 fully saturated rings. The van der Waals surface area contributed by atoms with Gasteiger partial charge in [0.15, 0.2) is 12.4 Å². The Morgan fingerprint density at radius 1 is 1.27 bits per heavy atom. The predicted octanol–water partition coefficient (Wildman–Crippen LogP) is 3.22. The molecule has 0 atom stereocenters. The molecule has 0 heterocycles. The van der Waals surface area contributed by atoms with Crippen molar-refractivity contribution in [3.63, 3.8) is 0 Å². The number of ether oxygens (including phenoxy) is 1. The summed E-state index contributed by atoms with van der Waals surface area (Å²) in [6, 6.07) is 9.21. The molecule has 0 aliphatic carbocycles. The standard InChI is InChI=1S/C17H16BrN3O5/c1-10-7-15(11(2)6-14(10)18)25-9-16(22)26-20-17(19)12-4-3-5-13(8-12)21(23)24/h3-8H,9H2,1-2H3,(H2,19,20). The number of hydrogen-bond acceptors (Lipinski definition) is 6. The normalized spacial score (nSPS) is 11.1. The van der Waals surface area contributed by atoms with Crippen LogP contribution in [0.4, 0.5) is 5.69 Å². The number of nitrogens with zero attached hydrogens (tertiary/aromatic N) is 2. The van der Waals surface area contributed by atoms with Crippen LogP contribution in [0, 0.1) is 24.0 Å². The fraction of sp³-hybridized carbons (Fsp3) is 0.176. The van der Waals surface area contributed by atoms with Gasteiger partial charge in [-0.15, -0.1) is 0 Å². The summed E-state index contributed by atoms with van der Waals surface area (Å²) in [7, 11) is 0. The Morgan fingerprint density at radius 3 is 2.69 bits per heavy atom. The highest BCUT2D eigenvalue weighted by Crippen LogP contribution is 2.26. The van der Waals surface area contributed by atoms with Crippen molar-refractivity contribution < 1.29 is 19.3 Å². The first-order chi connectivity index (χ1) is 12.3. The summed E-state index contributed by atoms with van der Waals surface area (Å²) >= 11 is 3.42. The van der Waals surface area contributed by atoms with E-state index in [2.05, 4.69) is 21.1 Å². The number of benzene rings is 2. The van der Waals surface area contributed by atoms with Gasteiger partial charge in [0.1, 0.15) is 5.75 Å². The lowest BCUT2D eigenvalue weighted by Crippen LogP contribution is -2.18. The van der Waals surface area contributed by atoms with E-state index in [1.807, 2.05) is 19.9 Å². The van der Waals surface area contributed by atoms with Crippen molar-refractivity contribution in [1.29, 1.82) is 0 Å². The van der Waals surface area contributed by atoms with E-state index in [4.69, 9.17) is 15.3 Å². The third-order valence-electron chi connectivity index (χ3n) is 3.40. The summed E-state index contributed by atoms with van der Waals surface area (Å²) in [4.78, 5) is 26.7. The first kappa shape index (κ1) is 19.4. The highest BCUT2D eigenvalue weighted by molar-refractivity contribution is 9.10. The Morgan fingerprint density at radius 2 is 2.00 bits per heavy atom. The number of carbonyl (C=O) groups is 1. The lowest BCUT2D eigenvalue weighted by molar-refractivity contribution is -0.384. The molecule has 2 N–H and O–H groups in total. The number of oxime groups is 1. The SMILES string of the molecule is Cc1cc(OCC(=O)O/N=C(\N)c2cccc([N+](=O)[O-])c2)c(C)cc1Br. The van der Waals surface area contributed by atoms with Crippen LogP contribution in [0.1, 0.15) is 16.7 Å². The highest BCUT2D eigenvalue weighted by Gasteiger charge is 2.11. The fourth-order valence-corrected chi connectivity index (χ4v) is 2.46. The molecule has 26 heavy (non-hydrogen) atoms. The third-order valence-corrected chi connectivity index (χ3v) is 4.25. The summed E-state index contributed by atoms with van der Waals surface area (Å²) in [6.07, 6.45) is 0. The smallest absolute Gasteiger partial charge is 0.372 e. The number of amidine groups is 1. The molecule has 0 amide bonds. The van der Waals surface area contributed by atoms with Crippen LogP contribution < -0.4 is 10.5 Å². The van der Waals surface area contributed by atoms with E-state index in [1.165, 1.54) is 24.3 Å². The molecule has 0 saturated carbocycles. The van der Waals surface area contributed by atoms with Gasteiger partial charge in [-0.05, 0) is 37.1 Å². The maximum atomic E-state index is 11.8. The van der Waals surface area contributed by atoms with Crippen molar-refractivity contribution in [2.75, 3.05) is 6.61 Å². The Kier molecular flexibility index (Phi) is 6.29. The molecular formula is C17H16BrN3O5. The molecule has 0 unspecified atom stereocenters. The monoisotopic (exact) mass is 421 g/mol. The van der Waals surface area contributed by atoms with Gasteiger partial charge in [0.2, 0.25) is 0 Å². The van der Waals surface area contributed by atoms with E-state index in [1.54, 1.807) is 6.07 Å². The van der Waals surface area contributed by atoms with Gasteiger partial charge < -0.3 is 15.3 Å². The zero-order valence-corrected chi connectivity index (χ0v) is 15.6. The van der Waals surface area contributed by atoms with Crippen molar-refractivity contribution in [1.82, 2.24) is 0 Å². The summed E-state index contributed by atoms with van der Waals surface area (Å²) in [5.74, 6) is -0.352. The van der Waals surface area contributed by atoms with Crippen LogP contribution in [-0.4, -0.2) is 23.3 Å². The molecule has 2 aromatic carbocycles.